The molecule has 7 nitrogen and oxygen atoms in total. The summed E-state index contributed by atoms with van der Waals surface area (Å²) >= 11 is 2.01. The second kappa shape index (κ2) is 6.57. The summed E-state index contributed by atoms with van der Waals surface area (Å²) in [5.74, 6) is 4.80. The quantitative estimate of drug-likeness (QED) is 0.383. The van der Waals surface area contributed by atoms with E-state index in [2.05, 4.69) is 14.7 Å². The van der Waals surface area contributed by atoms with Crippen molar-refractivity contribution in [3.63, 3.8) is 0 Å². The van der Waals surface area contributed by atoms with Crippen molar-refractivity contribution < 1.29 is 9.59 Å². The van der Waals surface area contributed by atoms with Crippen LogP contribution >= 0.6 is 23.3 Å². The van der Waals surface area contributed by atoms with Gasteiger partial charge in [-0.25, -0.2) is 10.8 Å². The van der Waals surface area contributed by atoms with E-state index in [-0.39, 0.29) is 5.69 Å². The van der Waals surface area contributed by atoms with Gasteiger partial charge in [0.2, 0.25) is 0 Å². The van der Waals surface area contributed by atoms with Crippen LogP contribution in [0.1, 0.15) is 10.5 Å². The Kier molecular flexibility index (Phi) is 4.79. The summed E-state index contributed by atoms with van der Waals surface area (Å²) in [4.78, 5) is 31.6. The second-order valence-electron chi connectivity index (χ2n) is 3.53. The zero-order valence-corrected chi connectivity index (χ0v) is 12.1. The van der Waals surface area contributed by atoms with E-state index in [1.165, 1.54) is 11.3 Å². The molecule has 0 aliphatic rings. The van der Waals surface area contributed by atoms with Gasteiger partial charge in [-0.15, -0.1) is 11.3 Å². The summed E-state index contributed by atoms with van der Waals surface area (Å²) in [6, 6.07) is 3.61. The SMILES string of the molecule is CNSC(=O)N(N)C(=O)c1csc(-c2cccnc2)n1. The van der Waals surface area contributed by atoms with Crippen LogP contribution in [0.4, 0.5) is 4.79 Å². The predicted octanol–water partition coefficient (Wildman–Crippen LogP) is 1.51. The van der Waals surface area contributed by atoms with E-state index in [1.54, 1.807) is 30.9 Å². The number of hydrazine groups is 1. The molecule has 2 rings (SSSR count). The maximum absolute atomic E-state index is 12.0. The molecule has 0 spiro atoms. The first-order valence-corrected chi connectivity index (χ1v) is 7.15. The maximum Gasteiger partial charge on any atom is 0.318 e. The number of pyridine rings is 1. The molecular formula is C11H11N5O2S2. The van der Waals surface area contributed by atoms with Crippen molar-refractivity contribution >= 4 is 34.4 Å². The highest BCUT2D eigenvalue weighted by Crippen LogP contribution is 2.23. The average molecular weight is 309 g/mol. The second-order valence-corrected chi connectivity index (χ2v) is 5.35. The van der Waals surface area contributed by atoms with Crippen molar-refractivity contribution in [1.29, 1.82) is 0 Å². The smallest absolute Gasteiger partial charge is 0.265 e. The fourth-order valence-corrected chi connectivity index (χ4v) is 2.48. The molecule has 0 saturated heterocycles. The molecule has 0 radical (unpaired) electrons. The Labute approximate surface area is 123 Å². The number of carbonyl (C=O) groups is 2. The Morgan fingerprint density at radius 3 is 2.95 bits per heavy atom. The number of rotatable bonds is 3. The monoisotopic (exact) mass is 309 g/mol. The van der Waals surface area contributed by atoms with Crippen LogP contribution in [0.3, 0.4) is 0 Å². The van der Waals surface area contributed by atoms with Crippen LogP contribution in [0.15, 0.2) is 29.9 Å². The largest absolute Gasteiger partial charge is 0.318 e. The van der Waals surface area contributed by atoms with E-state index in [0.29, 0.717) is 10.0 Å². The molecule has 0 fully saturated rings. The van der Waals surface area contributed by atoms with Gasteiger partial charge >= 0.3 is 5.24 Å². The minimum Gasteiger partial charge on any atom is -0.265 e. The van der Waals surface area contributed by atoms with Gasteiger partial charge in [0.15, 0.2) is 0 Å². The van der Waals surface area contributed by atoms with Crippen LogP contribution in [0.25, 0.3) is 10.6 Å². The van der Waals surface area contributed by atoms with Crippen LogP contribution in [0, 0.1) is 0 Å². The van der Waals surface area contributed by atoms with Crippen LogP contribution in [-0.2, 0) is 0 Å². The molecule has 2 heterocycles. The molecule has 0 saturated carbocycles. The van der Waals surface area contributed by atoms with Gasteiger partial charge in [-0.2, -0.15) is 5.01 Å². The van der Waals surface area contributed by atoms with Crippen LogP contribution in [-0.4, -0.2) is 33.2 Å². The van der Waals surface area contributed by atoms with Gasteiger partial charge in [0.1, 0.15) is 10.7 Å². The number of hydrogen-bond acceptors (Lipinski definition) is 8. The molecular weight excluding hydrogens is 298 g/mol. The van der Waals surface area contributed by atoms with Gasteiger partial charge < -0.3 is 0 Å². The van der Waals surface area contributed by atoms with Crippen molar-refractivity contribution in [3.05, 3.63) is 35.6 Å². The Morgan fingerprint density at radius 1 is 1.50 bits per heavy atom. The highest BCUT2D eigenvalue weighted by Gasteiger charge is 2.22. The molecule has 0 aliphatic heterocycles. The number of nitrogens with zero attached hydrogens (tertiary/aromatic N) is 3. The van der Waals surface area contributed by atoms with Gasteiger partial charge in [-0.05, 0) is 19.2 Å². The first kappa shape index (κ1) is 14.6. The van der Waals surface area contributed by atoms with E-state index >= 15 is 0 Å². The first-order chi connectivity index (χ1) is 9.63. The number of aromatic nitrogens is 2. The van der Waals surface area contributed by atoms with Gasteiger partial charge in [-0.3, -0.25) is 19.3 Å². The molecule has 0 atom stereocenters. The standard InChI is InChI=1S/C11H11N5O2S2/c1-13-20-11(18)16(12)10(17)8-6-19-9(15-8)7-3-2-4-14-5-7/h2-6,13H,12H2,1H3. The third kappa shape index (κ3) is 3.20. The molecule has 2 aromatic heterocycles. The number of amides is 2. The molecule has 3 N–H and O–H groups in total. The topological polar surface area (TPSA) is 101 Å². The fraction of sp³-hybridized carbons (Fsp3) is 0.0909. The highest BCUT2D eigenvalue weighted by atomic mass is 32.2. The summed E-state index contributed by atoms with van der Waals surface area (Å²) in [5.41, 5.74) is 0.928. The molecule has 0 aliphatic carbocycles. The Hall–Kier alpha value is -1.81. The third-order valence-corrected chi connectivity index (χ3v) is 3.70. The zero-order valence-electron chi connectivity index (χ0n) is 10.4. The van der Waals surface area contributed by atoms with Gasteiger partial charge in [0, 0.05) is 35.3 Å². The van der Waals surface area contributed by atoms with Crippen molar-refractivity contribution in [2.45, 2.75) is 0 Å². The number of carbonyl (C=O) groups excluding carboxylic acids is 2. The van der Waals surface area contributed by atoms with Crippen LogP contribution < -0.4 is 10.6 Å². The molecule has 9 heteroatoms. The summed E-state index contributed by atoms with van der Waals surface area (Å²) < 4.78 is 2.55. The lowest BCUT2D eigenvalue weighted by Crippen LogP contribution is -2.41. The van der Waals surface area contributed by atoms with Gasteiger partial charge in [-0.1, -0.05) is 0 Å². The molecule has 2 aromatic rings. The summed E-state index contributed by atoms with van der Waals surface area (Å²) in [7, 11) is 1.56. The molecule has 0 unspecified atom stereocenters. The Bertz CT molecular complexity index is 616. The zero-order chi connectivity index (χ0) is 14.5. The minimum absolute atomic E-state index is 0.126. The lowest BCUT2D eigenvalue weighted by molar-refractivity contribution is 0.0815. The van der Waals surface area contributed by atoms with E-state index in [0.717, 1.165) is 17.5 Å². The normalized spacial score (nSPS) is 10.3. The van der Waals surface area contributed by atoms with Crippen molar-refractivity contribution in [1.82, 2.24) is 19.7 Å². The Morgan fingerprint density at radius 2 is 2.30 bits per heavy atom. The minimum atomic E-state index is -0.649. The maximum atomic E-state index is 12.0. The lowest BCUT2D eigenvalue weighted by atomic mass is 10.3. The summed E-state index contributed by atoms with van der Waals surface area (Å²) in [6.07, 6.45) is 3.30. The third-order valence-electron chi connectivity index (χ3n) is 2.24. The van der Waals surface area contributed by atoms with E-state index in [1.807, 2.05) is 6.07 Å². The molecule has 20 heavy (non-hydrogen) atoms. The molecule has 0 bridgehead atoms. The number of imide groups is 1. The molecule has 0 aromatic carbocycles. The molecule has 2 amide bonds. The predicted molar refractivity (Wildman–Crippen MR) is 77.7 cm³/mol. The number of thiazole rings is 1. The number of nitrogens with one attached hydrogen (secondary N) is 1. The van der Waals surface area contributed by atoms with Crippen LogP contribution in [0.2, 0.25) is 0 Å². The Balaban J connectivity index is 2.17. The highest BCUT2D eigenvalue weighted by molar-refractivity contribution is 8.11. The van der Waals surface area contributed by atoms with E-state index in [9.17, 15) is 9.59 Å². The lowest BCUT2D eigenvalue weighted by Gasteiger charge is -2.11. The average Bonchev–Trinajstić information content (AvgIpc) is 2.96. The van der Waals surface area contributed by atoms with Crippen LogP contribution in [0.5, 0.6) is 0 Å². The first-order valence-electron chi connectivity index (χ1n) is 5.46. The summed E-state index contributed by atoms with van der Waals surface area (Å²) in [5, 5.41) is 2.13. The van der Waals surface area contributed by atoms with Gasteiger partial charge in [0.25, 0.3) is 5.91 Å². The fourth-order valence-electron chi connectivity index (χ4n) is 1.34. The summed E-state index contributed by atoms with van der Waals surface area (Å²) in [6.45, 7) is 0. The number of nitrogens with two attached hydrogens (primary N) is 1. The molecule has 104 valence electrons. The van der Waals surface area contributed by atoms with Crippen molar-refractivity contribution in [3.8, 4) is 10.6 Å². The van der Waals surface area contributed by atoms with E-state index < -0.39 is 11.1 Å². The van der Waals surface area contributed by atoms with E-state index in [4.69, 9.17) is 5.84 Å². The number of hydrogen-bond donors (Lipinski definition) is 2. The van der Waals surface area contributed by atoms with Crippen molar-refractivity contribution in [2.24, 2.45) is 5.84 Å². The van der Waals surface area contributed by atoms with Crippen molar-refractivity contribution in [2.75, 3.05) is 7.05 Å². The van der Waals surface area contributed by atoms with Gasteiger partial charge in [0.05, 0.1) is 0 Å².